The van der Waals surface area contributed by atoms with E-state index >= 15 is 0 Å². The van der Waals surface area contributed by atoms with E-state index in [0.717, 1.165) is 12.2 Å². The third-order valence-electron chi connectivity index (χ3n) is 4.05. The van der Waals surface area contributed by atoms with E-state index in [0.29, 0.717) is 32.8 Å². The molecule has 0 saturated carbocycles. The van der Waals surface area contributed by atoms with E-state index in [-0.39, 0.29) is 24.2 Å². The van der Waals surface area contributed by atoms with Gasteiger partial charge in [-0.05, 0) is 6.92 Å². The van der Waals surface area contributed by atoms with Gasteiger partial charge in [-0.1, -0.05) is 0 Å². The lowest BCUT2D eigenvalue weighted by molar-refractivity contribution is -0.139. The molecule has 114 valence electrons. The van der Waals surface area contributed by atoms with E-state index in [1.807, 2.05) is 13.1 Å². The fourth-order valence-electron chi connectivity index (χ4n) is 2.83. The molecule has 1 atom stereocenters. The van der Waals surface area contributed by atoms with Gasteiger partial charge < -0.3 is 14.5 Å². The van der Waals surface area contributed by atoms with E-state index < -0.39 is 0 Å². The SMILES string of the molecule is CCn1cc(N2CC(C(=O)N3CCOCC3)CC2=O)cn1. The molecule has 1 aromatic heterocycles. The van der Waals surface area contributed by atoms with E-state index in [1.165, 1.54) is 0 Å². The Hall–Kier alpha value is -1.89. The number of ether oxygens (including phenoxy) is 1. The molecule has 2 saturated heterocycles. The van der Waals surface area contributed by atoms with Gasteiger partial charge >= 0.3 is 0 Å². The van der Waals surface area contributed by atoms with Gasteiger partial charge in [-0.3, -0.25) is 14.3 Å². The summed E-state index contributed by atoms with van der Waals surface area (Å²) in [6, 6.07) is 0. The zero-order valence-electron chi connectivity index (χ0n) is 12.2. The molecule has 1 unspecified atom stereocenters. The average Bonchev–Trinajstić information content (AvgIpc) is 3.13. The van der Waals surface area contributed by atoms with Crippen molar-refractivity contribution in [1.82, 2.24) is 14.7 Å². The molecule has 2 aliphatic rings. The summed E-state index contributed by atoms with van der Waals surface area (Å²) in [6.45, 7) is 5.61. The molecule has 21 heavy (non-hydrogen) atoms. The first-order valence-electron chi connectivity index (χ1n) is 7.38. The number of aromatic nitrogens is 2. The highest BCUT2D eigenvalue weighted by molar-refractivity contribution is 6.00. The van der Waals surface area contributed by atoms with Crippen molar-refractivity contribution in [2.75, 3.05) is 37.7 Å². The lowest BCUT2D eigenvalue weighted by atomic mass is 10.1. The van der Waals surface area contributed by atoms with Crippen LogP contribution in [0.3, 0.4) is 0 Å². The molecule has 0 aliphatic carbocycles. The Bertz CT molecular complexity index is 536. The largest absolute Gasteiger partial charge is 0.378 e. The van der Waals surface area contributed by atoms with Crippen LogP contribution < -0.4 is 4.90 Å². The molecule has 0 spiro atoms. The van der Waals surface area contributed by atoms with Gasteiger partial charge in [0.05, 0.1) is 31.0 Å². The van der Waals surface area contributed by atoms with Crippen LogP contribution in [0.15, 0.2) is 12.4 Å². The Kier molecular flexibility index (Phi) is 3.92. The summed E-state index contributed by atoms with van der Waals surface area (Å²) in [6.07, 6.45) is 3.82. The molecular weight excluding hydrogens is 272 g/mol. The average molecular weight is 292 g/mol. The minimum Gasteiger partial charge on any atom is -0.378 e. The second-order valence-corrected chi connectivity index (χ2v) is 5.40. The smallest absolute Gasteiger partial charge is 0.228 e. The molecule has 3 heterocycles. The molecule has 0 N–H and O–H groups in total. The van der Waals surface area contributed by atoms with Gasteiger partial charge in [-0.25, -0.2) is 0 Å². The van der Waals surface area contributed by atoms with Crippen molar-refractivity contribution >= 4 is 17.5 Å². The Morgan fingerprint density at radius 1 is 1.43 bits per heavy atom. The summed E-state index contributed by atoms with van der Waals surface area (Å²) in [4.78, 5) is 28.1. The second-order valence-electron chi connectivity index (χ2n) is 5.40. The number of nitrogens with zero attached hydrogens (tertiary/aromatic N) is 4. The lowest BCUT2D eigenvalue weighted by Crippen LogP contribution is -2.44. The highest BCUT2D eigenvalue weighted by Gasteiger charge is 2.37. The highest BCUT2D eigenvalue weighted by atomic mass is 16.5. The maximum absolute atomic E-state index is 12.5. The standard InChI is InChI=1S/C14H20N4O3/c1-2-17-10-12(8-15-17)18-9-11(7-13(18)19)14(20)16-3-5-21-6-4-16/h8,10-11H,2-7,9H2,1H3. The topological polar surface area (TPSA) is 67.7 Å². The quantitative estimate of drug-likeness (QED) is 0.793. The number of aryl methyl sites for hydroxylation is 1. The van der Waals surface area contributed by atoms with E-state index in [4.69, 9.17) is 4.74 Å². The van der Waals surface area contributed by atoms with Gasteiger partial charge in [0.1, 0.15) is 0 Å². The number of carbonyl (C=O) groups excluding carboxylic acids is 2. The second kappa shape index (κ2) is 5.85. The molecule has 2 fully saturated rings. The maximum atomic E-state index is 12.5. The van der Waals surface area contributed by atoms with Gasteiger partial charge in [0, 0.05) is 38.8 Å². The Labute approximate surface area is 123 Å². The number of carbonyl (C=O) groups is 2. The summed E-state index contributed by atoms with van der Waals surface area (Å²) < 4.78 is 7.03. The maximum Gasteiger partial charge on any atom is 0.228 e. The molecule has 0 radical (unpaired) electrons. The summed E-state index contributed by atoms with van der Waals surface area (Å²) in [5, 5.41) is 4.18. The van der Waals surface area contributed by atoms with Crippen LogP contribution in [-0.4, -0.2) is 59.3 Å². The van der Waals surface area contributed by atoms with E-state index in [1.54, 1.807) is 20.7 Å². The molecule has 2 aliphatic heterocycles. The zero-order chi connectivity index (χ0) is 14.8. The number of amides is 2. The first-order chi connectivity index (χ1) is 10.2. The van der Waals surface area contributed by atoms with Gasteiger partial charge in [0.15, 0.2) is 0 Å². The van der Waals surface area contributed by atoms with Crippen LogP contribution in [0.25, 0.3) is 0 Å². The molecular formula is C14H20N4O3. The van der Waals surface area contributed by atoms with Crippen LogP contribution in [-0.2, 0) is 20.9 Å². The number of morpholine rings is 1. The zero-order valence-corrected chi connectivity index (χ0v) is 12.2. The first-order valence-corrected chi connectivity index (χ1v) is 7.38. The van der Waals surface area contributed by atoms with Gasteiger partial charge in [0.2, 0.25) is 11.8 Å². The van der Waals surface area contributed by atoms with Crippen molar-refractivity contribution in [2.45, 2.75) is 19.9 Å². The number of anilines is 1. The van der Waals surface area contributed by atoms with Crippen LogP contribution in [0.5, 0.6) is 0 Å². The van der Waals surface area contributed by atoms with Crippen molar-refractivity contribution < 1.29 is 14.3 Å². The highest BCUT2D eigenvalue weighted by Crippen LogP contribution is 2.26. The normalized spacial score (nSPS) is 22.9. The van der Waals surface area contributed by atoms with Crippen molar-refractivity contribution in [3.63, 3.8) is 0 Å². The van der Waals surface area contributed by atoms with E-state index in [9.17, 15) is 9.59 Å². The van der Waals surface area contributed by atoms with Gasteiger partial charge in [-0.15, -0.1) is 0 Å². The predicted octanol–water partition coefficient (Wildman–Crippen LogP) is 0.115. The van der Waals surface area contributed by atoms with Crippen LogP contribution in [0.2, 0.25) is 0 Å². The predicted molar refractivity (Wildman–Crippen MR) is 75.8 cm³/mol. The fourth-order valence-corrected chi connectivity index (χ4v) is 2.83. The Balaban J connectivity index is 1.67. The Morgan fingerprint density at radius 3 is 2.86 bits per heavy atom. The molecule has 7 heteroatoms. The van der Waals surface area contributed by atoms with Crippen LogP contribution in [0.4, 0.5) is 5.69 Å². The number of hydrogen-bond acceptors (Lipinski definition) is 4. The monoisotopic (exact) mass is 292 g/mol. The summed E-state index contributed by atoms with van der Waals surface area (Å²) in [5.41, 5.74) is 0.777. The fraction of sp³-hybridized carbons (Fsp3) is 0.643. The van der Waals surface area contributed by atoms with Crippen LogP contribution in [0, 0.1) is 5.92 Å². The van der Waals surface area contributed by atoms with Crippen molar-refractivity contribution in [3.05, 3.63) is 12.4 Å². The summed E-state index contributed by atoms with van der Waals surface area (Å²) in [5.74, 6) is -0.185. The van der Waals surface area contributed by atoms with Crippen molar-refractivity contribution in [2.24, 2.45) is 5.92 Å². The van der Waals surface area contributed by atoms with Crippen molar-refractivity contribution in [3.8, 4) is 0 Å². The van der Waals surface area contributed by atoms with Gasteiger partial charge in [0.25, 0.3) is 0 Å². The van der Waals surface area contributed by atoms with Crippen LogP contribution >= 0.6 is 0 Å². The molecule has 2 amide bonds. The minimum atomic E-state index is -0.249. The Morgan fingerprint density at radius 2 is 2.19 bits per heavy atom. The first kappa shape index (κ1) is 14.1. The molecule has 0 aromatic carbocycles. The lowest BCUT2D eigenvalue weighted by Gasteiger charge is -2.28. The third-order valence-corrected chi connectivity index (χ3v) is 4.05. The molecule has 1 aromatic rings. The van der Waals surface area contributed by atoms with E-state index in [2.05, 4.69) is 5.10 Å². The number of hydrogen-bond donors (Lipinski definition) is 0. The molecule has 7 nitrogen and oxygen atoms in total. The van der Waals surface area contributed by atoms with Gasteiger partial charge in [-0.2, -0.15) is 5.10 Å². The molecule has 0 bridgehead atoms. The van der Waals surface area contributed by atoms with Crippen LogP contribution in [0.1, 0.15) is 13.3 Å². The summed E-state index contributed by atoms with van der Waals surface area (Å²) in [7, 11) is 0. The molecule has 3 rings (SSSR count). The van der Waals surface area contributed by atoms with Crippen molar-refractivity contribution in [1.29, 1.82) is 0 Å². The summed E-state index contributed by atoms with van der Waals surface area (Å²) >= 11 is 0. The minimum absolute atomic E-state index is 0.00253. The third kappa shape index (κ3) is 2.78. The number of rotatable bonds is 3.